The van der Waals surface area contributed by atoms with E-state index in [1.807, 2.05) is 56.4 Å². The molecular weight excluding hydrogens is 270 g/mol. The summed E-state index contributed by atoms with van der Waals surface area (Å²) in [6.45, 7) is 2.01. The Hall–Kier alpha value is -2.13. The Bertz CT molecular complexity index is 784. The van der Waals surface area contributed by atoms with Crippen LogP contribution in [0.25, 0.3) is 22.3 Å². The fraction of sp³-hybridized carbons (Fsp3) is 0.125. The van der Waals surface area contributed by atoms with Gasteiger partial charge in [-0.3, -0.25) is 0 Å². The molecule has 0 fully saturated rings. The fourth-order valence-electron chi connectivity index (χ4n) is 2.27. The largest absolute Gasteiger partial charge is 0.373 e. The van der Waals surface area contributed by atoms with Crippen molar-refractivity contribution in [2.45, 2.75) is 6.92 Å². The molecule has 1 N–H and O–H groups in total. The Morgan fingerprint density at radius 1 is 1.05 bits per heavy atom. The number of benzene rings is 2. The topological polar surface area (TPSA) is 37.8 Å². The van der Waals surface area contributed by atoms with Crippen molar-refractivity contribution in [3.05, 3.63) is 53.1 Å². The SMILES string of the molecule is CNc1nc(-c2ccc(Cl)cc2C)nc2ccccc12. The van der Waals surface area contributed by atoms with Crippen LogP contribution < -0.4 is 5.32 Å². The predicted molar refractivity (Wildman–Crippen MR) is 84.3 cm³/mol. The normalized spacial score (nSPS) is 10.8. The zero-order valence-electron chi connectivity index (χ0n) is 11.3. The number of anilines is 1. The van der Waals surface area contributed by atoms with Crippen molar-refractivity contribution in [3.8, 4) is 11.4 Å². The molecule has 3 rings (SSSR count). The number of halogens is 1. The molecule has 0 unspecified atom stereocenters. The molecule has 3 aromatic rings. The summed E-state index contributed by atoms with van der Waals surface area (Å²) in [7, 11) is 1.87. The van der Waals surface area contributed by atoms with Gasteiger partial charge in [0.1, 0.15) is 5.82 Å². The summed E-state index contributed by atoms with van der Waals surface area (Å²) in [6.07, 6.45) is 0. The third-order valence-electron chi connectivity index (χ3n) is 3.27. The molecule has 1 aromatic heterocycles. The second-order valence-corrected chi connectivity index (χ2v) is 5.06. The predicted octanol–water partition coefficient (Wildman–Crippen LogP) is 4.30. The van der Waals surface area contributed by atoms with Crippen LogP contribution in [0.3, 0.4) is 0 Å². The standard InChI is InChI=1S/C16H14ClN3/c1-10-9-11(17)7-8-12(10)16-19-14-6-4-3-5-13(14)15(18-2)20-16/h3-9H,1-2H3,(H,18,19,20). The molecule has 20 heavy (non-hydrogen) atoms. The van der Waals surface area contributed by atoms with Gasteiger partial charge in [-0.05, 0) is 42.8 Å². The van der Waals surface area contributed by atoms with Gasteiger partial charge in [0.25, 0.3) is 0 Å². The van der Waals surface area contributed by atoms with Gasteiger partial charge in [0.2, 0.25) is 0 Å². The molecule has 0 aliphatic carbocycles. The highest BCUT2D eigenvalue weighted by molar-refractivity contribution is 6.30. The van der Waals surface area contributed by atoms with Gasteiger partial charge in [-0.25, -0.2) is 9.97 Å². The van der Waals surface area contributed by atoms with Gasteiger partial charge >= 0.3 is 0 Å². The number of nitrogens with one attached hydrogen (secondary N) is 1. The summed E-state index contributed by atoms with van der Waals surface area (Å²) in [5.74, 6) is 1.54. The van der Waals surface area contributed by atoms with Crippen molar-refractivity contribution in [1.82, 2.24) is 9.97 Å². The highest BCUT2D eigenvalue weighted by Crippen LogP contribution is 2.27. The van der Waals surface area contributed by atoms with Crippen LogP contribution in [0.15, 0.2) is 42.5 Å². The Kier molecular flexibility index (Phi) is 3.28. The number of hydrogen-bond acceptors (Lipinski definition) is 3. The lowest BCUT2D eigenvalue weighted by atomic mass is 10.1. The minimum atomic E-state index is 0.710. The molecule has 1 heterocycles. The number of aromatic nitrogens is 2. The Labute approximate surface area is 122 Å². The fourth-order valence-corrected chi connectivity index (χ4v) is 2.49. The quantitative estimate of drug-likeness (QED) is 0.762. The Morgan fingerprint density at radius 3 is 2.60 bits per heavy atom. The molecule has 0 radical (unpaired) electrons. The van der Waals surface area contributed by atoms with Crippen LogP contribution in [0, 0.1) is 6.92 Å². The van der Waals surface area contributed by atoms with Gasteiger partial charge < -0.3 is 5.32 Å². The van der Waals surface area contributed by atoms with E-state index in [0.717, 1.165) is 32.9 Å². The smallest absolute Gasteiger partial charge is 0.162 e. The minimum absolute atomic E-state index is 0.710. The first-order valence-corrected chi connectivity index (χ1v) is 6.78. The summed E-state index contributed by atoms with van der Waals surface area (Å²) in [6, 6.07) is 13.7. The number of hydrogen-bond donors (Lipinski definition) is 1. The molecule has 0 saturated heterocycles. The monoisotopic (exact) mass is 283 g/mol. The maximum Gasteiger partial charge on any atom is 0.162 e. The molecule has 0 amide bonds. The average Bonchev–Trinajstić information content (AvgIpc) is 2.46. The average molecular weight is 284 g/mol. The van der Waals surface area contributed by atoms with Gasteiger partial charge in [0.15, 0.2) is 5.82 Å². The third-order valence-corrected chi connectivity index (χ3v) is 3.50. The van der Waals surface area contributed by atoms with E-state index in [9.17, 15) is 0 Å². The highest BCUT2D eigenvalue weighted by atomic mass is 35.5. The van der Waals surface area contributed by atoms with Crippen molar-refractivity contribution in [1.29, 1.82) is 0 Å². The van der Waals surface area contributed by atoms with E-state index in [0.29, 0.717) is 5.82 Å². The van der Waals surface area contributed by atoms with Crippen molar-refractivity contribution < 1.29 is 0 Å². The third kappa shape index (κ3) is 2.21. The zero-order chi connectivity index (χ0) is 14.1. The van der Waals surface area contributed by atoms with Crippen LogP contribution in [-0.4, -0.2) is 17.0 Å². The number of fused-ring (bicyclic) bond motifs is 1. The lowest BCUT2D eigenvalue weighted by molar-refractivity contribution is 1.20. The minimum Gasteiger partial charge on any atom is -0.373 e. The molecular formula is C16H14ClN3. The van der Waals surface area contributed by atoms with Crippen LogP contribution in [0.2, 0.25) is 5.02 Å². The Morgan fingerprint density at radius 2 is 1.85 bits per heavy atom. The zero-order valence-corrected chi connectivity index (χ0v) is 12.1. The Balaban J connectivity index is 2.26. The number of rotatable bonds is 2. The van der Waals surface area contributed by atoms with E-state index in [1.165, 1.54) is 0 Å². The molecule has 0 spiro atoms. The summed E-state index contributed by atoms with van der Waals surface area (Å²) >= 11 is 6.00. The van der Waals surface area contributed by atoms with Crippen LogP contribution in [0.5, 0.6) is 0 Å². The van der Waals surface area contributed by atoms with E-state index in [-0.39, 0.29) is 0 Å². The summed E-state index contributed by atoms with van der Waals surface area (Å²) in [5.41, 5.74) is 2.99. The highest BCUT2D eigenvalue weighted by Gasteiger charge is 2.10. The summed E-state index contributed by atoms with van der Waals surface area (Å²) in [5, 5.41) is 4.88. The van der Waals surface area contributed by atoms with Gasteiger partial charge in [-0.2, -0.15) is 0 Å². The number of nitrogens with zero attached hydrogens (tertiary/aromatic N) is 2. The second-order valence-electron chi connectivity index (χ2n) is 4.62. The summed E-state index contributed by atoms with van der Waals surface area (Å²) < 4.78 is 0. The maximum absolute atomic E-state index is 6.00. The molecule has 0 saturated carbocycles. The molecule has 100 valence electrons. The van der Waals surface area contributed by atoms with Gasteiger partial charge in [0, 0.05) is 23.0 Å². The van der Waals surface area contributed by atoms with E-state index >= 15 is 0 Å². The molecule has 0 aliphatic heterocycles. The molecule has 2 aromatic carbocycles. The maximum atomic E-state index is 6.00. The number of aryl methyl sites for hydroxylation is 1. The van der Waals surface area contributed by atoms with Crippen LogP contribution in [0.1, 0.15) is 5.56 Å². The first kappa shape index (κ1) is 12.9. The molecule has 3 nitrogen and oxygen atoms in total. The van der Waals surface area contributed by atoms with Crippen molar-refractivity contribution in [2.75, 3.05) is 12.4 Å². The first-order chi connectivity index (χ1) is 9.69. The van der Waals surface area contributed by atoms with Crippen molar-refractivity contribution in [3.63, 3.8) is 0 Å². The van der Waals surface area contributed by atoms with Crippen LogP contribution in [-0.2, 0) is 0 Å². The van der Waals surface area contributed by atoms with Crippen molar-refractivity contribution >= 4 is 28.3 Å². The van der Waals surface area contributed by atoms with Crippen LogP contribution in [0.4, 0.5) is 5.82 Å². The number of para-hydroxylation sites is 1. The molecule has 4 heteroatoms. The first-order valence-electron chi connectivity index (χ1n) is 6.40. The van der Waals surface area contributed by atoms with Gasteiger partial charge in [-0.15, -0.1) is 0 Å². The summed E-state index contributed by atoms with van der Waals surface area (Å²) in [4.78, 5) is 9.27. The van der Waals surface area contributed by atoms with E-state index in [1.54, 1.807) is 0 Å². The second kappa shape index (κ2) is 5.10. The lowest BCUT2D eigenvalue weighted by Gasteiger charge is -2.10. The van der Waals surface area contributed by atoms with Crippen molar-refractivity contribution in [2.24, 2.45) is 0 Å². The lowest BCUT2D eigenvalue weighted by Crippen LogP contribution is -1.99. The van der Waals surface area contributed by atoms with Crippen LogP contribution >= 0.6 is 11.6 Å². The molecule has 0 atom stereocenters. The van der Waals surface area contributed by atoms with E-state index in [2.05, 4.69) is 15.3 Å². The molecule has 0 aliphatic rings. The molecule has 0 bridgehead atoms. The van der Waals surface area contributed by atoms with Gasteiger partial charge in [0.05, 0.1) is 5.52 Å². The van der Waals surface area contributed by atoms with Gasteiger partial charge in [-0.1, -0.05) is 23.7 Å². The van der Waals surface area contributed by atoms with E-state index in [4.69, 9.17) is 11.6 Å². The van der Waals surface area contributed by atoms with E-state index < -0.39 is 0 Å².